The van der Waals surface area contributed by atoms with Crippen molar-refractivity contribution in [2.45, 2.75) is 18.4 Å². The van der Waals surface area contributed by atoms with E-state index >= 15 is 0 Å². The van der Waals surface area contributed by atoms with Crippen molar-refractivity contribution in [3.63, 3.8) is 0 Å². The van der Waals surface area contributed by atoms with Crippen LogP contribution in [0, 0.1) is 0 Å². The Labute approximate surface area is 90.0 Å². The zero-order chi connectivity index (χ0) is 10.9. The van der Waals surface area contributed by atoms with E-state index in [2.05, 4.69) is 4.90 Å². The molecule has 1 unspecified atom stereocenters. The molecule has 0 saturated carbocycles. The van der Waals surface area contributed by atoms with Gasteiger partial charge in [-0.2, -0.15) is 0 Å². The van der Waals surface area contributed by atoms with E-state index in [1.54, 1.807) is 0 Å². The smallest absolute Gasteiger partial charge is 0.115 e. The summed E-state index contributed by atoms with van der Waals surface area (Å²) in [6.45, 7) is 0.706. The van der Waals surface area contributed by atoms with Gasteiger partial charge >= 0.3 is 0 Å². The molecule has 0 aliphatic carbocycles. The van der Waals surface area contributed by atoms with Crippen LogP contribution >= 0.6 is 0 Å². The van der Waals surface area contributed by atoms with Gasteiger partial charge in [0.05, 0.1) is 6.61 Å². The van der Waals surface area contributed by atoms with Crippen molar-refractivity contribution in [1.82, 2.24) is 0 Å². The molecule has 1 heterocycles. The molecule has 1 aliphatic rings. The van der Waals surface area contributed by atoms with Crippen LogP contribution in [0.25, 0.3) is 0 Å². The fraction of sp³-hybridized carbons (Fsp3) is 0.500. The second kappa shape index (κ2) is 3.83. The van der Waals surface area contributed by atoms with Crippen molar-refractivity contribution in [3.8, 4) is 0 Å². The summed E-state index contributed by atoms with van der Waals surface area (Å²) in [5, 5.41) is 19.7. The van der Waals surface area contributed by atoms with Gasteiger partial charge in [-0.3, -0.25) is 0 Å². The summed E-state index contributed by atoms with van der Waals surface area (Å²) in [4.78, 5) is 2.13. The molecule has 0 saturated heterocycles. The van der Waals surface area contributed by atoms with Crippen LogP contribution in [0.5, 0.6) is 0 Å². The highest BCUT2D eigenvalue weighted by atomic mass is 16.3. The molecule has 0 fully saturated rings. The molecule has 0 radical (unpaired) electrons. The standard InChI is InChI=1S/C12H17NO2/c1-13-8-4-7-12(15,9-14)10-5-2-3-6-11(10)13/h2-3,5-6,14-15H,4,7-9H2,1H3. The van der Waals surface area contributed by atoms with Crippen LogP contribution in [0.2, 0.25) is 0 Å². The first-order valence-electron chi connectivity index (χ1n) is 5.31. The quantitative estimate of drug-likeness (QED) is 0.724. The number of aliphatic hydroxyl groups is 2. The predicted molar refractivity (Wildman–Crippen MR) is 59.9 cm³/mol. The van der Waals surface area contributed by atoms with E-state index in [1.165, 1.54) is 0 Å². The van der Waals surface area contributed by atoms with Crippen molar-refractivity contribution in [1.29, 1.82) is 0 Å². The number of fused-ring (bicyclic) bond motifs is 1. The first kappa shape index (κ1) is 10.5. The van der Waals surface area contributed by atoms with Crippen molar-refractivity contribution in [3.05, 3.63) is 29.8 Å². The molecule has 2 N–H and O–H groups in total. The van der Waals surface area contributed by atoms with Crippen molar-refractivity contribution < 1.29 is 10.2 Å². The van der Waals surface area contributed by atoms with Gasteiger partial charge in [0.25, 0.3) is 0 Å². The minimum absolute atomic E-state index is 0.210. The highest BCUT2D eigenvalue weighted by Crippen LogP contribution is 2.36. The number of benzene rings is 1. The van der Waals surface area contributed by atoms with E-state index in [1.807, 2.05) is 31.3 Å². The Morgan fingerprint density at radius 1 is 1.40 bits per heavy atom. The highest BCUT2D eigenvalue weighted by Gasteiger charge is 2.33. The van der Waals surface area contributed by atoms with Gasteiger partial charge < -0.3 is 15.1 Å². The molecule has 1 aromatic rings. The zero-order valence-corrected chi connectivity index (χ0v) is 8.98. The molecule has 2 rings (SSSR count). The van der Waals surface area contributed by atoms with E-state index < -0.39 is 5.60 Å². The van der Waals surface area contributed by atoms with Crippen molar-refractivity contribution in [2.75, 3.05) is 25.1 Å². The minimum Gasteiger partial charge on any atom is -0.393 e. The third kappa shape index (κ3) is 1.73. The molecule has 0 bridgehead atoms. The average Bonchev–Trinajstić information content (AvgIpc) is 2.40. The van der Waals surface area contributed by atoms with Crippen LogP contribution < -0.4 is 4.90 Å². The van der Waals surface area contributed by atoms with Gasteiger partial charge in [0.1, 0.15) is 5.60 Å². The number of nitrogens with zero attached hydrogens (tertiary/aromatic N) is 1. The lowest BCUT2D eigenvalue weighted by atomic mass is 9.90. The lowest BCUT2D eigenvalue weighted by Gasteiger charge is -2.27. The predicted octanol–water partition coefficient (Wildman–Crippen LogP) is 1.10. The fourth-order valence-corrected chi connectivity index (χ4v) is 2.23. The third-order valence-corrected chi connectivity index (χ3v) is 3.16. The van der Waals surface area contributed by atoms with Gasteiger partial charge in [-0.05, 0) is 18.9 Å². The Morgan fingerprint density at radius 2 is 2.13 bits per heavy atom. The normalized spacial score (nSPS) is 25.9. The fourth-order valence-electron chi connectivity index (χ4n) is 2.23. The summed E-state index contributed by atoms with van der Waals surface area (Å²) in [7, 11) is 2.02. The molecular formula is C12H17NO2. The van der Waals surface area contributed by atoms with Gasteiger partial charge in [-0.25, -0.2) is 0 Å². The van der Waals surface area contributed by atoms with E-state index in [0.717, 1.165) is 24.2 Å². The topological polar surface area (TPSA) is 43.7 Å². The van der Waals surface area contributed by atoms with Crippen LogP contribution in [0.4, 0.5) is 5.69 Å². The number of aliphatic hydroxyl groups excluding tert-OH is 1. The number of hydrogen-bond donors (Lipinski definition) is 2. The van der Waals surface area contributed by atoms with Gasteiger partial charge in [-0.15, -0.1) is 0 Å². The van der Waals surface area contributed by atoms with Crippen LogP contribution in [0.15, 0.2) is 24.3 Å². The maximum atomic E-state index is 10.4. The van der Waals surface area contributed by atoms with Crippen LogP contribution in [0.1, 0.15) is 18.4 Å². The summed E-state index contributed by atoms with van der Waals surface area (Å²) in [6, 6.07) is 7.74. The average molecular weight is 207 g/mol. The lowest BCUT2D eigenvalue weighted by molar-refractivity contribution is -0.0251. The molecule has 0 spiro atoms. The molecule has 82 valence electrons. The second-order valence-electron chi connectivity index (χ2n) is 4.23. The number of rotatable bonds is 1. The number of hydrogen-bond acceptors (Lipinski definition) is 3. The number of para-hydroxylation sites is 1. The monoisotopic (exact) mass is 207 g/mol. The Kier molecular flexibility index (Phi) is 2.67. The molecule has 0 aromatic heterocycles. The maximum absolute atomic E-state index is 10.4. The van der Waals surface area contributed by atoms with Crippen LogP contribution in [-0.2, 0) is 5.60 Å². The van der Waals surface area contributed by atoms with E-state index in [4.69, 9.17) is 0 Å². The largest absolute Gasteiger partial charge is 0.393 e. The lowest BCUT2D eigenvalue weighted by Crippen LogP contribution is -2.29. The van der Waals surface area contributed by atoms with Crippen molar-refractivity contribution >= 4 is 5.69 Å². The Hall–Kier alpha value is -1.06. The van der Waals surface area contributed by atoms with Gasteiger partial charge in [-0.1, -0.05) is 18.2 Å². The maximum Gasteiger partial charge on any atom is 0.115 e. The van der Waals surface area contributed by atoms with Crippen LogP contribution in [0.3, 0.4) is 0 Å². The zero-order valence-electron chi connectivity index (χ0n) is 8.98. The summed E-state index contributed by atoms with van der Waals surface area (Å²) in [5.41, 5.74) is 0.792. The van der Waals surface area contributed by atoms with E-state index in [-0.39, 0.29) is 6.61 Å². The molecule has 3 heteroatoms. The molecule has 3 nitrogen and oxygen atoms in total. The summed E-state index contributed by atoms with van der Waals surface area (Å²) < 4.78 is 0. The third-order valence-electron chi connectivity index (χ3n) is 3.16. The Morgan fingerprint density at radius 3 is 2.87 bits per heavy atom. The first-order chi connectivity index (χ1) is 7.17. The summed E-state index contributed by atoms with van der Waals surface area (Å²) >= 11 is 0. The Balaban J connectivity index is 2.52. The summed E-state index contributed by atoms with van der Waals surface area (Å²) in [6.07, 6.45) is 1.51. The van der Waals surface area contributed by atoms with Gasteiger partial charge in [0, 0.05) is 24.8 Å². The molecular weight excluding hydrogens is 190 g/mol. The Bertz CT molecular complexity index is 353. The summed E-state index contributed by atoms with van der Waals surface area (Å²) in [5.74, 6) is 0. The second-order valence-corrected chi connectivity index (χ2v) is 4.23. The number of anilines is 1. The first-order valence-corrected chi connectivity index (χ1v) is 5.31. The molecule has 0 amide bonds. The molecule has 15 heavy (non-hydrogen) atoms. The van der Waals surface area contributed by atoms with Gasteiger partial charge in [0.2, 0.25) is 0 Å². The molecule has 1 aliphatic heterocycles. The van der Waals surface area contributed by atoms with Crippen molar-refractivity contribution in [2.24, 2.45) is 0 Å². The molecule has 1 atom stereocenters. The van der Waals surface area contributed by atoms with Gasteiger partial charge in [0.15, 0.2) is 0 Å². The molecule has 1 aromatic carbocycles. The van der Waals surface area contributed by atoms with E-state index in [0.29, 0.717) is 6.42 Å². The van der Waals surface area contributed by atoms with Crippen LogP contribution in [-0.4, -0.2) is 30.4 Å². The van der Waals surface area contributed by atoms with E-state index in [9.17, 15) is 10.2 Å². The minimum atomic E-state index is -1.07. The highest BCUT2D eigenvalue weighted by molar-refractivity contribution is 5.56. The SMILES string of the molecule is CN1CCCC(O)(CO)c2ccccc21.